The van der Waals surface area contributed by atoms with Gasteiger partial charge in [-0.2, -0.15) is 0 Å². The molecule has 0 unspecified atom stereocenters. The largest absolute Gasteiger partial charge is 0.335 e. The number of terminal acetylenes is 1. The standard InChI is InChI=1S/C22H22FN3O/c1-2-22(24)13-18(14-22)25-21(27)26-12-11-15-5-3-4-6-19(15)20(26)16-7-9-17(23)10-8-16/h1,3-10,18,20H,11-14,24H2,(H,25,27)/t18-,20-,22+/m0/s1. The lowest BCUT2D eigenvalue weighted by Gasteiger charge is -2.44. The molecule has 2 aliphatic rings. The minimum atomic E-state index is -0.608. The molecule has 0 bridgehead atoms. The van der Waals surface area contributed by atoms with Crippen molar-refractivity contribution in [3.8, 4) is 12.3 Å². The van der Waals surface area contributed by atoms with Crippen LogP contribution in [0.25, 0.3) is 0 Å². The maximum Gasteiger partial charge on any atom is 0.318 e. The second kappa shape index (κ2) is 6.71. The summed E-state index contributed by atoms with van der Waals surface area (Å²) in [4.78, 5) is 14.8. The van der Waals surface area contributed by atoms with Gasteiger partial charge in [0.05, 0.1) is 11.6 Å². The Morgan fingerprint density at radius 2 is 1.93 bits per heavy atom. The summed E-state index contributed by atoms with van der Waals surface area (Å²) in [5.74, 6) is 2.30. The Kier molecular flexibility index (Phi) is 4.37. The van der Waals surface area contributed by atoms with Gasteiger partial charge in [0.1, 0.15) is 5.82 Å². The SMILES string of the molecule is C#C[C@]1(N)C[C@@H](NC(=O)N2CCc3ccccc3[C@@H]2c2ccc(F)cc2)C1. The van der Waals surface area contributed by atoms with Crippen LogP contribution in [-0.2, 0) is 6.42 Å². The molecule has 5 heteroatoms. The summed E-state index contributed by atoms with van der Waals surface area (Å²) in [6, 6.07) is 14.1. The second-order valence-electron chi connectivity index (χ2n) is 7.45. The predicted molar refractivity (Wildman–Crippen MR) is 102 cm³/mol. The van der Waals surface area contributed by atoms with Crippen LogP contribution in [0, 0.1) is 18.2 Å². The molecule has 0 aromatic heterocycles. The van der Waals surface area contributed by atoms with Gasteiger partial charge < -0.3 is 16.0 Å². The first-order valence-corrected chi connectivity index (χ1v) is 9.16. The van der Waals surface area contributed by atoms with Crippen molar-refractivity contribution in [1.29, 1.82) is 0 Å². The highest BCUT2D eigenvalue weighted by Crippen LogP contribution is 2.36. The summed E-state index contributed by atoms with van der Waals surface area (Å²) in [7, 11) is 0. The Morgan fingerprint density at radius 1 is 1.22 bits per heavy atom. The monoisotopic (exact) mass is 363 g/mol. The summed E-state index contributed by atoms with van der Waals surface area (Å²) in [5, 5.41) is 3.05. The van der Waals surface area contributed by atoms with E-state index in [-0.39, 0.29) is 23.9 Å². The highest BCUT2D eigenvalue weighted by molar-refractivity contribution is 5.76. The van der Waals surface area contributed by atoms with Crippen molar-refractivity contribution >= 4 is 6.03 Å². The molecule has 27 heavy (non-hydrogen) atoms. The fourth-order valence-electron chi connectivity index (χ4n) is 4.09. The number of urea groups is 1. The predicted octanol–water partition coefficient (Wildman–Crippen LogP) is 2.98. The summed E-state index contributed by atoms with van der Waals surface area (Å²) in [6.07, 6.45) is 7.40. The molecular weight excluding hydrogens is 341 g/mol. The molecule has 1 aliphatic heterocycles. The molecule has 2 aromatic rings. The van der Waals surface area contributed by atoms with Gasteiger partial charge in [0, 0.05) is 12.6 Å². The van der Waals surface area contributed by atoms with Gasteiger partial charge in [-0.1, -0.05) is 42.3 Å². The Bertz CT molecular complexity index is 897. The van der Waals surface area contributed by atoms with Crippen LogP contribution < -0.4 is 11.1 Å². The number of hydrogen-bond donors (Lipinski definition) is 2. The molecule has 4 rings (SSSR count). The lowest BCUT2D eigenvalue weighted by atomic mass is 9.74. The van der Waals surface area contributed by atoms with Gasteiger partial charge in [0.15, 0.2) is 0 Å². The van der Waals surface area contributed by atoms with E-state index in [1.54, 1.807) is 12.1 Å². The number of rotatable bonds is 2. The number of carbonyl (C=O) groups is 1. The molecule has 4 nitrogen and oxygen atoms in total. The van der Waals surface area contributed by atoms with Crippen molar-refractivity contribution < 1.29 is 9.18 Å². The van der Waals surface area contributed by atoms with Crippen LogP contribution in [0.3, 0.4) is 0 Å². The molecule has 0 spiro atoms. The van der Waals surface area contributed by atoms with Crippen molar-refractivity contribution in [2.24, 2.45) is 5.73 Å². The van der Waals surface area contributed by atoms with Crippen molar-refractivity contribution in [3.63, 3.8) is 0 Å². The van der Waals surface area contributed by atoms with Crippen molar-refractivity contribution in [2.75, 3.05) is 6.54 Å². The zero-order valence-electron chi connectivity index (χ0n) is 15.0. The van der Waals surface area contributed by atoms with Gasteiger partial charge in [0.25, 0.3) is 0 Å². The topological polar surface area (TPSA) is 58.4 Å². The molecule has 0 saturated heterocycles. The molecule has 138 valence electrons. The Balaban J connectivity index is 1.60. The van der Waals surface area contributed by atoms with Crippen molar-refractivity contribution in [2.45, 2.75) is 36.9 Å². The summed E-state index contributed by atoms with van der Waals surface area (Å²) >= 11 is 0. The van der Waals surface area contributed by atoms with Gasteiger partial charge in [-0.15, -0.1) is 6.42 Å². The lowest BCUT2D eigenvalue weighted by Crippen LogP contribution is -2.61. The Morgan fingerprint density at radius 3 is 2.63 bits per heavy atom. The van der Waals surface area contributed by atoms with E-state index < -0.39 is 5.54 Å². The van der Waals surface area contributed by atoms with E-state index in [1.807, 2.05) is 23.1 Å². The quantitative estimate of drug-likeness (QED) is 0.806. The Hall–Kier alpha value is -2.84. The normalized spacial score (nSPS) is 26.5. The third-order valence-corrected chi connectivity index (χ3v) is 5.57. The van der Waals surface area contributed by atoms with Crippen LogP contribution in [0.1, 0.15) is 35.6 Å². The maximum atomic E-state index is 13.4. The molecule has 1 aliphatic carbocycles. The van der Waals surface area contributed by atoms with E-state index in [1.165, 1.54) is 17.7 Å². The number of hydrogen-bond acceptors (Lipinski definition) is 2. The van der Waals surface area contributed by atoms with Gasteiger partial charge in [-0.3, -0.25) is 0 Å². The van der Waals surface area contributed by atoms with Crippen LogP contribution in [0.2, 0.25) is 0 Å². The van der Waals surface area contributed by atoms with E-state index in [2.05, 4.69) is 17.3 Å². The van der Waals surface area contributed by atoms with Gasteiger partial charge in [-0.05, 0) is 48.1 Å². The first kappa shape index (κ1) is 17.6. The van der Waals surface area contributed by atoms with E-state index in [9.17, 15) is 9.18 Å². The van der Waals surface area contributed by atoms with Crippen LogP contribution in [0.4, 0.5) is 9.18 Å². The molecule has 1 saturated carbocycles. The van der Waals surface area contributed by atoms with E-state index in [4.69, 9.17) is 12.2 Å². The summed E-state index contributed by atoms with van der Waals surface area (Å²) < 4.78 is 13.4. The van der Waals surface area contributed by atoms with Crippen LogP contribution in [0.5, 0.6) is 0 Å². The smallest absolute Gasteiger partial charge is 0.318 e. The number of benzene rings is 2. The molecule has 1 fully saturated rings. The average molecular weight is 363 g/mol. The summed E-state index contributed by atoms with van der Waals surface area (Å²) in [5.41, 5.74) is 8.59. The molecule has 0 radical (unpaired) electrons. The second-order valence-corrected chi connectivity index (χ2v) is 7.45. The highest BCUT2D eigenvalue weighted by atomic mass is 19.1. The number of nitrogens with one attached hydrogen (secondary N) is 1. The number of halogens is 1. The maximum absolute atomic E-state index is 13.4. The minimum Gasteiger partial charge on any atom is -0.335 e. The van der Waals surface area contributed by atoms with Gasteiger partial charge in [0.2, 0.25) is 0 Å². The number of amides is 2. The molecule has 1 atom stereocenters. The lowest BCUT2D eigenvalue weighted by molar-refractivity contribution is 0.159. The van der Waals surface area contributed by atoms with Gasteiger partial charge >= 0.3 is 6.03 Å². The van der Waals surface area contributed by atoms with Crippen LogP contribution >= 0.6 is 0 Å². The van der Waals surface area contributed by atoms with E-state index in [0.717, 1.165) is 17.5 Å². The average Bonchev–Trinajstić information content (AvgIpc) is 2.66. The Labute approximate surface area is 158 Å². The minimum absolute atomic E-state index is 0.00964. The summed E-state index contributed by atoms with van der Waals surface area (Å²) in [6.45, 7) is 0.598. The molecule has 2 aromatic carbocycles. The van der Waals surface area contributed by atoms with Gasteiger partial charge in [-0.25, -0.2) is 9.18 Å². The number of nitrogens with two attached hydrogens (primary N) is 1. The fourth-order valence-corrected chi connectivity index (χ4v) is 4.09. The third-order valence-electron chi connectivity index (χ3n) is 5.57. The molecule has 3 N–H and O–H groups in total. The van der Waals surface area contributed by atoms with Crippen LogP contribution in [0.15, 0.2) is 48.5 Å². The van der Waals surface area contributed by atoms with Crippen LogP contribution in [-0.4, -0.2) is 29.1 Å². The third kappa shape index (κ3) is 3.29. The van der Waals surface area contributed by atoms with Crippen molar-refractivity contribution in [1.82, 2.24) is 10.2 Å². The first-order chi connectivity index (χ1) is 13.0. The number of carbonyl (C=O) groups excluding carboxylic acids is 1. The molecular formula is C22H22FN3O. The van der Waals surface area contributed by atoms with E-state index >= 15 is 0 Å². The zero-order chi connectivity index (χ0) is 19.0. The fraction of sp³-hybridized carbons (Fsp3) is 0.318. The number of fused-ring (bicyclic) bond motifs is 1. The van der Waals surface area contributed by atoms with Crippen molar-refractivity contribution in [3.05, 3.63) is 71.0 Å². The molecule has 2 amide bonds. The first-order valence-electron chi connectivity index (χ1n) is 9.16. The van der Waals surface area contributed by atoms with E-state index in [0.29, 0.717) is 19.4 Å². The zero-order valence-corrected chi connectivity index (χ0v) is 15.0. The molecule has 1 heterocycles. The number of nitrogens with zero attached hydrogens (tertiary/aromatic N) is 1. The highest BCUT2D eigenvalue weighted by Gasteiger charge is 2.42.